The van der Waals surface area contributed by atoms with Crippen molar-refractivity contribution >= 4 is 5.97 Å². The van der Waals surface area contributed by atoms with Crippen molar-refractivity contribution in [2.24, 2.45) is 0 Å². The van der Waals surface area contributed by atoms with Gasteiger partial charge in [0.2, 0.25) is 0 Å². The number of aliphatic hydroxyl groups is 1. The van der Waals surface area contributed by atoms with E-state index < -0.39 is 18.1 Å². The third kappa shape index (κ3) is 5.16. The van der Waals surface area contributed by atoms with Crippen molar-refractivity contribution in [1.82, 2.24) is 5.32 Å². The molecule has 0 saturated carbocycles. The van der Waals surface area contributed by atoms with Crippen molar-refractivity contribution in [3.63, 3.8) is 0 Å². The van der Waals surface area contributed by atoms with Crippen LogP contribution in [-0.2, 0) is 4.79 Å². The topological polar surface area (TPSA) is 78.8 Å². The summed E-state index contributed by atoms with van der Waals surface area (Å²) in [5, 5.41) is 21.3. The van der Waals surface area contributed by atoms with Crippen molar-refractivity contribution in [3.8, 4) is 5.75 Å². The van der Waals surface area contributed by atoms with Gasteiger partial charge in [0.1, 0.15) is 24.5 Å². The quantitative estimate of drug-likeness (QED) is 0.641. The maximum atomic E-state index is 10.7. The van der Waals surface area contributed by atoms with Crippen LogP contribution in [0.1, 0.15) is 13.3 Å². The second-order valence-electron chi connectivity index (χ2n) is 3.99. The second kappa shape index (κ2) is 7.68. The lowest BCUT2D eigenvalue weighted by Crippen LogP contribution is -2.42. The third-order valence-corrected chi connectivity index (χ3v) is 2.49. The summed E-state index contributed by atoms with van der Waals surface area (Å²) in [6, 6.07) is 8.54. The van der Waals surface area contributed by atoms with Crippen LogP contribution in [0.5, 0.6) is 5.75 Å². The van der Waals surface area contributed by atoms with Crippen LogP contribution >= 0.6 is 0 Å². The molecule has 1 rings (SSSR count). The molecule has 18 heavy (non-hydrogen) atoms. The maximum absolute atomic E-state index is 10.7. The van der Waals surface area contributed by atoms with Crippen LogP contribution in [0.4, 0.5) is 0 Å². The highest BCUT2D eigenvalue weighted by Crippen LogP contribution is 2.08. The standard InChI is InChI=1S/C13H19NO4/c1-2-12(13(16)17)14-8-10(15)9-18-11-6-4-3-5-7-11/h3-7,10,12,14-15H,2,8-9H2,1H3,(H,16,17)/t10-,12-/m0/s1. The van der Waals surface area contributed by atoms with E-state index in [1.54, 1.807) is 19.1 Å². The molecule has 1 aromatic rings. The van der Waals surface area contributed by atoms with Gasteiger partial charge >= 0.3 is 5.97 Å². The van der Waals surface area contributed by atoms with Gasteiger partial charge in [-0.3, -0.25) is 4.79 Å². The van der Waals surface area contributed by atoms with Crippen LogP contribution < -0.4 is 10.1 Å². The fourth-order valence-electron chi connectivity index (χ4n) is 1.45. The van der Waals surface area contributed by atoms with E-state index in [0.717, 1.165) is 0 Å². The molecule has 0 aliphatic carbocycles. The number of carboxylic acids is 1. The summed E-state index contributed by atoms with van der Waals surface area (Å²) in [5.74, 6) is -0.226. The Morgan fingerprint density at radius 2 is 2.06 bits per heavy atom. The van der Waals surface area contributed by atoms with E-state index in [-0.39, 0.29) is 13.2 Å². The number of rotatable bonds is 8. The van der Waals surface area contributed by atoms with Crippen LogP contribution in [0.3, 0.4) is 0 Å². The molecule has 0 radical (unpaired) electrons. The summed E-state index contributed by atoms with van der Waals surface area (Å²) in [5.41, 5.74) is 0. The van der Waals surface area contributed by atoms with Crippen LogP contribution in [0.2, 0.25) is 0 Å². The fraction of sp³-hybridized carbons (Fsp3) is 0.462. The van der Waals surface area contributed by atoms with Crippen LogP contribution in [-0.4, -0.2) is 41.5 Å². The molecule has 0 unspecified atom stereocenters. The monoisotopic (exact) mass is 253 g/mol. The summed E-state index contributed by atoms with van der Waals surface area (Å²) < 4.78 is 5.36. The largest absolute Gasteiger partial charge is 0.491 e. The molecular formula is C13H19NO4. The number of carboxylic acid groups (broad SMARTS) is 1. The average Bonchev–Trinajstić information content (AvgIpc) is 2.38. The van der Waals surface area contributed by atoms with Gasteiger partial charge in [0.05, 0.1) is 0 Å². The zero-order chi connectivity index (χ0) is 13.4. The zero-order valence-electron chi connectivity index (χ0n) is 10.4. The van der Waals surface area contributed by atoms with Crippen molar-refractivity contribution in [1.29, 1.82) is 0 Å². The molecule has 0 aliphatic heterocycles. The molecule has 5 nitrogen and oxygen atoms in total. The van der Waals surface area contributed by atoms with Gasteiger partial charge in [-0.05, 0) is 18.6 Å². The highest BCUT2D eigenvalue weighted by molar-refractivity contribution is 5.73. The molecule has 0 fully saturated rings. The van der Waals surface area contributed by atoms with Crippen LogP contribution in [0.25, 0.3) is 0 Å². The molecule has 5 heteroatoms. The van der Waals surface area contributed by atoms with Crippen molar-refractivity contribution in [3.05, 3.63) is 30.3 Å². The third-order valence-electron chi connectivity index (χ3n) is 2.49. The highest BCUT2D eigenvalue weighted by atomic mass is 16.5. The number of para-hydroxylation sites is 1. The lowest BCUT2D eigenvalue weighted by atomic mass is 10.2. The minimum atomic E-state index is -0.909. The Balaban J connectivity index is 2.25. The molecule has 3 N–H and O–H groups in total. The number of hydrogen-bond donors (Lipinski definition) is 3. The number of benzene rings is 1. The highest BCUT2D eigenvalue weighted by Gasteiger charge is 2.15. The fourth-order valence-corrected chi connectivity index (χ4v) is 1.45. The van der Waals surface area contributed by atoms with Gasteiger partial charge in [-0.15, -0.1) is 0 Å². The number of hydrogen-bond acceptors (Lipinski definition) is 4. The van der Waals surface area contributed by atoms with E-state index >= 15 is 0 Å². The lowest BCUT2D eigenvalue weighted by molar-refractivity contribution is -0.139. The number of aliphatic hydroxyl groups excluding tert-OH is 1. The summed E-state index contributed by atoms with van der Waals surface area (Å²) in [6.45, 7) is 2.10. The Hall–Kier alpha value is -1.59. The predicted octanol–water partition coefficient (Wildman–Crippen LogP) is 0.879. The Bertz CT molecular complexity index is 355. The lowest BCUT2D eigenvalue weighted by Gasteiger charge is -2.16. The average molecular weight is 253 g/mol. The smallest absolute Gasteiger partial charge is 0.320 e. The Kier molecular flexibility index (Phi) is 6.18. The van der Waals surface area contributed by atoms with Gasteiger partial charge in [-0.2, -0.15) is 0 Å². The van der Waals surface area contributed by atoms with Crippen LogP contribution in [0.15, 0.2) is 30.3 Å². The summed E-state index contributed by atoms with van der Waals surface area (Å²) in [4.78, 5) is 10.7. The first-order chi connectivity index (χ1) is 8.63. The predicted molar refractivity (Wildman–Crippen MR) is 67.7 cm³/mol. The van der Waals surface area contributed by atoms with E-state index in [2.05, 4.69) is 5.32 Å². The van der Waals surface area contributed by atoms with Crippen LogP contribution in [0, 0.1) is 0 Å². The molecule has 2 atom stereocenters. The zero-order valence-corrected chi connectivity index (χ0v) is 10.4. The minimum absolute atomic E-state index is 0.132. The Morgan fingerprint density at radius 1 is 1.39 bits per heavy atom. The first-order valence-corrected chi connectivity index (χ1v) is 5.95. The summed E-state index contributed by atoms with van der Waals surface area (Å²) in [7, 11) is 0. The van der Waals surface area contributed by atoms with Gasteiger partial charge in [0.25, 0.3) is 0 Å². The SMILES string of the molecule is CC[C@H](NC[C@H](O)COc1ccccc1)C(=O)O. The number of ether oxygens (including phenoxy) is 1. The first-order valence-electron chi connectivity index (χ1n) is 5.95. The van der Waals surface area contributed by atoms with Gasteiger partial charge in [-0.1, -0.05) is 25.1 Å². The van der Waals surface area contributed by atoms with Crippen molar-refractivity contribution in [2.75, 3.05) is 13.2 Å². The summed E-state index contributed by atoms with van der Waals surface area (Å²) >= 11 is 0. The Morgan fingerprint density at radius 3 is 2.61 bits per heavy atom. The molecule has 100 valence electrons. The molecule has 0 heterocycles. The van der Waals surface area contributed by atoms with Crippen molar-refractivity contribution < 1.29 is 19.7 Å². The number of carbonyl (C=O) groups is 1. The van der Waals surface area contributed by atoms with Gasteiger partial charge in [-0.25, -0.2) is 0 Å². The van der Waals surface area contributed by atoms with E-state index in [0.29, 0.717) is 12.2 Å². The van der Waals surface area contributed by atoms with E-state index in [1.807, 2.05) is 18.2 Å². The Labute approximate surface area is 106 Å². The van der Waals surface area contributed by atoms with Gasteiger partial charge in [0.15, 0.2) is 0 Å². The first kappa shape index (κ1) is 14.5. The van der Waals surface area contributed by atoms with E-state index in [1.165, 1.54) is 0 Å². The second-order valence-corrected chi connectivity index (χ2v) is 3.99. The molecule has 0 spiro atoms. The molecule has 0 aromatic heterocycles. The van der Waals surface area contributed by atoms with E-state index in [4.69, 9.17) is 9.84 Å². The normalized spacial score (nSPS) is 13.9. The number of nitrogens with one attached hydrogen (secondary N) is 1. The summed E-state index contributed by atoms with van der Waals surface area (Å²) in [6.07, 6.45) is -0.264. The molecule has 0 saturated heterocycles. The molecule has 1 aromatic carbocycles. The van der Waals surface area contributed by atoms with Gasteiger partial charge < -0.3 is 20.3 Å². The van der Waals surface area contributed by atoms with Gasteiger partial charge in [0, 0.05) is 6.54 Å². The molecule has 0 bridgehead atoms. The molecule has 0 aliphatic rings. The van der Waals surface area contributed by atoms with E-state index in [9.17, 15) is 9.90 Å². The minimum Gasteiger partial charge on any atom is -0.491 e. The van der Waals surface area contributed by atoms with Crippen molar-refractivity contribution in [2.45, 2.75) is 25.5 Å². The number of aliphatic carboxylic acids is 1. The maximum Gasteiger partial charge on any atom is 0.320 e. The molecule has 0 amide bonds. The molecular weight excluding hydrogens is 234 g/mol.